The molecule has 3 nitrogen and oxygen atoms in total. The number of aromatic amines is 1. The van der Waals surface area contributed by atoms with E-state index in [2.05, 4.69) is 16.9 Å². The monoisotopic (exact) mass is 220 g/mol. The molecule has 2 atom stereocenters. The van der Waals surface area contributed by atoms with Crippen molar-refractivity contribution in [3.05, 3.63) is 29.8 Å². The Labute approximate surface area is 92.6 Å². The van der Waals surface area contributed by atoms with Gasteiger partial charge in [-0.2, -0.15) is 0 Å². The molecule has 1 aromatic heterocycles. The Balaban J connectivity index is 1.99. The molecule has 0 bridgehead atoms. The van der Waals surface area contributed by atoms with Crippen LogP contribution in [0.4, 0.5) is 4.39 Å². The largest absolute Gasteiger partial charge is 0.367 e. The maximum atomic E-state index is 13.0. The summed E-state index contributed by atoms with van der Waals surface area (Å²) in [6, 6.07) is 4.57. The third-order valence-corrected chi connectivity index (χ3v) is 3.00. The Morgan fingerprint density at radius 2 is 2.31 bits per heavy atom. The van der Waals surface area contributed by atoms with Gasteiger partial charge in [0, 0.05) is 0 Å². The van der Waals surface area contributed by atoms with Crippen molar-refractivity contribution in [2.24, 2.45) is 0 Å². The van der Waals surface area contributed by atoms with Gasteiger partial charge in [-0.05, 0) is 38.0 Å². The van der Waals surface area contributed by atoms with Crippen LogP contribution in [0.25, 0.3) is 11.0 Å². The van der Waals surface area contributed by atoms with Crippen molar-refractivity contribution in [1.82, 2.24) is 9.97 Å². The van der Waals surface area contributed by atoms with Gasteiger partial charge in [-0.25, -0.2) is 9.37 Å². The van der Waals surface area contributed by atoms with Gasteiger partial charge in [-0.1, -0.05) is 0 Å². The third-order valence-electron chi connectivity index (χ3n) is 3.00. The minimum Gasteiger partial charge on any atom is -0.367 e. The third kappa shape index (κ3) is 1.59. The smallest absolute Gasteiger partial charge is 0.136 e. The highest BCUT2D eigenvalue weighted by atomic mass is 19.1. The van der Waals surface area contributed by atoms with E-state index in [4.69, 9.17) is 4.74 Å². The van der Waals surface area contributed by atoms with Gasteiger partial charge < -0.3 is 9.72 Å². The van der Waals surface area contributed by atoms with Crippen LogP contribution in [0, 0.1) is 5.82 Å². The Hall–Kier alpha value is -1.42. The van der Waals surface area contributed by atoms with E-state index in [0.717, 1.165) is 29.7 Å². The molecule has 1 aliphatic rings. The molecule has 1 aromatic carbocycles. The van der Waals surface area contributed by atoms with E-state index in [1.165, 1.54) is 12.1 Å². The Morgan fingerprint density at radius 3 is 3.06 bits per heavy atom. The fourth-order valence-corrected chi connectivity index (χ4v) is 2.16. The van der Waals surface area contributed by atoms with Crippen molar-refractivity contribution in [2.75, 3.05) is 0 Å². The lowest BCUT2D eigenvalue weighted by Crippen LogP contribution is -2.02. The SMILES string of the molecule is CC1CCC(c2nc3ccc(F)cc3[nH]2)O1. The van der Waals surface area contributed by atoms with Crippen molar-refractivity contribution < 1.29 is 9.13 Å². The zero-order chi connectivity index (χ0) is 11.1. The summed E-state index contributed by atoms with van der Waals surface area (Å²) >= 11 is 0. The molecular weight excluding hydrogens is 207 g/mol. The maximum Gasteiger partial charge on any atom is 0.136 e. The number of benzene rings is 1. The number of nitrogens with one attached hydrogen (secondary N) is 1. The Kier molecular flexibility index (Phi) is 2.17. The second-order valence-electron chi connectivity index (χ2n) is 4.30. The minimum absolute atomic E-state index is 0.0328. The number of ether oxygens (including phenoxy) is 1. The first-order valence-corrected chi connectivity index (χ1v) is 5.53. The average molecular weight is 220 g/mol. The van der Waals surface area contributed by atoms with Crippen molar-refractivity contribution in [2.45, 2.75) is 32.0 Å². The highest BCUT2D eigenvalue weighted by Crippen LogP contribution is 2.31. The topological polar surface area (TPSA) is 37.9 Å². The molecule has 0 radical (unpaired) electrons. The first-order valence-electron chi connectivity index (χ1n) is 5.53. The normalized spacial score (nSPS) is 25.4. The van der Waals surface area contributed by atoms with Crippen molar-refractivity contribution in [3.8, 4) is 0 Å². The summed E-state index contributed by atoms with van der Waals surface area (Å²) in [6.07, 6.45) is 2.35. The maximum absolute atomic E-state index is 13.0. The van der Waals surface area contributed by atoms with Crippen LogP contribution in [0.15, 0.2) is 18.2 Å². The predicted octanol–water partition coefficient (Wildman–Crippen LogP) is 2.94. The van der Waals surface area contributed by atoms with Crippen LogP contribution in [0.5, 0.6) is 0 Å². The fraction of sp³-hybridized carbons (Fsp3) is 0.417. The zero-order valence-electron chi connectivity index (χ0n) is 9.03. The lowest BCUT2D eigenvalue weighted by molar-refractivity contribution is 0.0510. The first kappa shape index (κ1) is 9.78. The highest BCUT2D eigenvalue weighted by Gasteiger charge is 2.25. The minimum atomic E-state index is -0.247. The number of halogens is 1. The van der Waals surface area contributed by atoms with E-state index in [0.29, 0.717) is 0 Å². The molecule has 0 amide bonds. The number of aromatic nitrogens is 2. The van der Waals surface area contributed by atoms with E-state index in [1.54, 1.807) is 6.07 Å². The molecule has 2 unspecified atom stereocenters. The molecule has 0 saturated carbocycles. The second kappa shape index (κ2) is 3.56. The van der Waals surface area contributed by atoms with Crippen molar-refractivity contribution in [1.29, 1.82) is 0 Å². The predicted molar refractivity (Wildman–Crippen MR) is 58.6 cm³/mol. The molecule has 4 heteroatoms. The number of rotatable bonds is 1. The summed E-state index contributed by atoms with van der Waals surface area (Å²) in [6.45, 7) is 2.06. The molecular formula is C12H13FN2O. The molecule has 1 aliphatic heterocycles. The van der Waals surface area contributed by atoms with Crippen molar-refractivity contribution >= 4 is 11.0 Å². The number of hydrogen-bond donors (Lipinski definition) is 1. The number of imidazole rings is 1. The van der Waals surface area contributed by atoms with E-state index in [-0.39, 0.29) is 18.0 Å². The molecule has 1 fully saturated rings. The van der Waals surface area contributed by atoms with Crippen molar-refractivity contribution in [3.63, 3.8) is 0 Å². The second-order valence-corrected chi connectivity index (χ2v) is 4.30. The quantitative estimate of drug-likeness (QED) is 0.802. The van der Waals surface area contributed by atoms with Crippen LogP contribution in [0.1, 0.15) is 31.7 Å². The lowest BCUT2D eigenvalue weighted by Gasteiger charge is -2.06. The van der Waals surface area contributed by atoms with E-state index in [9.17, 15) is 4.39 Å². The Bertz CT molecular complexity index is 523. The number of hydrogen-bond acceptors (Lipinski definition) is 2. The highest BCUT2D eigenvalue weighted by molar-refractivity contribution is 5.75. The summed E-state index contributed by atoms with van der Waals surface area (Å²) in [7, 11) is 0. The van der Waals surface area contributed by atoms with E-state index in [1.807, 2.05) is 0 Å². The summed E-state index contributed by atoms with van der Waals surface area (Å²) in [4.78, 5) is 7.55. The molecule has 0 spiro atoms. The molecule has 2 heterocycles. The number of H-pyrrole nitrogens is 1. The zero-order valence-corrected chi connectivity index (χ0v) is 9.03. The summed E-state index contributed by atoms with van der Waals surface area (Å²) in [5.41, 5.74) is 1.53. The molecule has 3 rings (SSSR count). The van der Waals surface area contributed by atoms with Crippen LogP contribution in [-0.2, 0) is 4.74 Å². The van der Waals surface area contributed by atoms with Crippen LogP contribution in [0.3, 0.4) is 0 Å². The summed E-state index contributed by atoms with van der Waals surface area (Å²) in [5.74, 6) is 0.563. The van der Waals surface area contributed by atoms with Gasteiger partial charge in [0.25, 0.3) is 0 Å². The standard InChI is InChI=1S/C12H13FN2O/c1-7-2-5-11(16-7)12-14-9-4-3-8(13)6-10(9)15-12/h3-4,6-7,11H,2,5H2,1H3,(H,14,15). The van der Waals surface area contributed by atoms with Gasteiger partial charge in [-0.3, -0.25) is 0 Å². The number of nitrogens with zero attached hydrogens (tertiary/aromatic N) is 1. The van der Waals surface area contributed by atoms with Crippen LogP contribution >= 0.6 is 0 Å². The van der Waals surface area contributed by atoms with Gasteiger partial charge in [-0.15, -0.1) is 0 Å². The number of fused-ring (bicyclic) bond motifs is 1. The van der Waals surface area contributed by atoms with Crippen LogP contribution in [0.2, 0.25) is 0 Å². The first-order chi connectivity index (χ1) is 7.72. The lowest BCUT2D eigenvalue weighted by atomic mass is 10.2. The average Bonchev–Trinajstić information content (AvgIpc) is 2.83. The Morgan fingerprint density at radius 1 is 1.44 bits per heavy atom. The molecule has 1 saturated heterocycles. The molecule has 1 N–H and O–H groups in total. The van der Waals surface area contributed by atoms with E-state index < -0.39 is 0 Å². The van der Waals surface area contributed by atoms with Gasteiger partial charge in [0.2, 0.25) is 0 Å². The molecule has 0 aliphatic carbocycles. The molecule has 16 heavy (non-hydrogen) atoms. The van der Waals surface area contributed by atoms with Gasteiger partial charge >= 0.3 is 0 Å². The van der Waals surface area contributed by atoms with Gasteiger partial charge in [0.1, 0.15) is 17.7 Å². The summed E-state index contributed by atoms with van der Waals surface area (Å²) < 4.78 is 18.7. The molecule has 2 aromatic rings. The summed E-state index contributed by atoms with van der Waals surface area (Å²) in [5, 5.41) is 0. The van der Waals surface area contributed by atoms with Gasteiger partial charge in [0.05, 0.1) is 17.1 Å². The fourth-order valence-electron chi connectivity index (χ4n) is 2.16. The van der Waals surface area contributed by atoms with Crippen LogP contribution in [-0.4, -0.2) is 16.1 Å². The van der Waals surface area contributed by atoms with Crippen LogP contribution < -0.4 is 0 Å². The van der Waals surface area contributed by atoms with E-state index >= 15 is 0 Å². The molecule has 84 valence electrons. The van der Waals surface area contributed by atoms with Gasteiger partial charge in [0.15, 0.2) is 0 Å².